The fourth-order valence-electron chi connectivity index (χ4n) is 0.426. The van der Waals surface area contributed by atoms with Crippen molar-refractivity contribution in [2.45, 2.75) is 6.61 Å². The number of carbonyl (C=O) groups is 1. The minimum Gasteiger partial charge on any atom is -0.389 e. The van der Waals surface area contributed by atoms with Gasteiger partial charge in [-0.15, -0.1) is 10.2 Å². The van der Waals surface area contributed by atoms with Crippen LogP contribution in [0, 0.1) is 0 Å². The number of aliphatic hydroxyl groups is 1. The summed E-state index contributed by atoms with van der Waals surface area (Å²) in [5.74, 6) is 0. The minimum atomic E-state index is -0.141. The van der Waals surface area contributed by atoms with Gasteiger partial charge in [-0.3, -0.25) is 4.79 Å². The summed E-state index contributed by atoms with van der Waals surface area (Å²) < 4.78 is 0. The Labute approximate surface area is 60.7 Å². The van der Waals surface area contributed by atoms with E-state index in [0.29, 0.717) is 16.5 Å². The van der Waals surface area contributed by atoms with Crippen LogP contribution >= 0.6 is 11.3 Å². The van der Waals surface area contributed by atoms with Crippen molar-refractivity contribution in [2.75, 3.05) is 5.32 Å². The van der Waals surface area contributed by atoms with E-state index in [0.717, 1.165) is 11.3 Å². The molecule has 0 aliphatic carbocycles. The van der Waals surface area contributed by atoms with Crippen molar-refractivity contribution >= 4 is 22.9 Å². The van der Waals surface area contributed by atoms with E-state index in [2.05, 4.69) is 15.5 Å². The first-order chi connectivity index (χ1) is 4.86. The fraction of sp³-hybridized carbons (Fsp3) is 0.250. The summed E-state index contributed by atoms with van der Waals surface area (Å²) in [5, 5.41) is 18.8. The smallest absolute Gasteiger partial charge is 0.213 e. The van der Waals surface area contributed by atoms with Gasteiger partial charge >= 0.3 is 0 Å². The highest BCUT2D eigenvalue weighted by Gasteiger charge is 1.99. The minimum absolute atomic E-state index is 0.141. The molecule has 0 aromatic carbocycles. The summed E-state index contributed by atoms with van der Waals surface area (Å²) in [6.45, 7) is -0.141. The van der Waals surface area contributed by atoms with Crippen LogP contribution in [0.4, 0.5) is 5.13 Å². The van der Waals surface area contributed by atoms with Crippen molar-refractivity contribution in [1.82, 2.24) is 10.2 Å². The van der Waals surface area contributed by atoms with Crippen molar-refractivity contribution in [1.29, 1.82) is 0 Å². The van der Waals surface area contributed by atoms with Crippen LogP contribution in [0.25, 0.3) is 0 Å². The average molecular weight is 159 g/mol. The molecule has 1 aromatic heterocycles. The molecule has 6 heteroatoms. The third-order valence-electron chi connectivity index (χ3n) is 0.785. The number of nitrogens with zero attached hydrogens (tertiary/aromatic N) is 2. The Morgan fingerprint density at radius 2 is 2.50 bits per heavy atom. The van der Waals surface area contributed by atoms with Gasteiger partial charge in [-0.2, -0.15) is 0 Å². The average Bonchev–Trinajstić information content (AvgIpc) is 2.37. The van der Waals surface area contributed by atoms with Crippen LogP contribution in [0.15, 0.2) is 0 Å². The summed E-state index contributed by atoms with van der Waals surface area (Å²) in [7, 11) is 0. The molecule has 0 aliphatic rings. The van der Waals surface area contributed by atoms with Crippen molar-refractivity contribution in [3.8, 4) is 0 Å². The van der Waals surface area contributed by atoms with E-state index in [1.165, 1.54) is 0 Å². The molecule has 1 aromatic rings. The number of rotatable bonds is 3. The number of carbonyl (C=O) groups excluding carboxylic acids is 1. The Bertz CT molecular complexity index is 224. The highest BCUT2D eigenvalue weighted by Crippen LogP contribution is 2.13. The first-order valence-corrected chi connectivity index (χ1v) is 3.32. The number of amides is 1. The summed E-state index contributed by atoms with van der Waals surface area (Å²) in [4.78, 5) is 9.84. The highest BCUT2D eigenvalue weighted by molar-refractivity contribution is 7.15. The number of aliphatic hydroxyl groups excluding tert-OH is 1. The van der Waals surface area contributed by atoms with Gasteiger partial charge in [-0.25, -0.2) is 0 Å². The van der Waals surface area contributed by atoms with E-state index in [1.807, 2.05) is 0 Å². The molecule has 0 fully saturated rings. The van der Waals surface area contributed by atoms with Crippen LogP contribution in [0.1, 0.15) is 5.01 Å². The first kappa shape index (κ1) is 7.10. The van der Waals surface area contributed by atoms with Gasteiger partial charge in [0.15, 0.2) is 0 Å². The van der Waals surface area contributed by atoms with E-state index in [-0.39, 0.29) is 6.61 Å². The first-order valence-electron chi connectivity index (χ1n) is 2.50. The zero-order valence-electron chi connectivity index (χ0n) is 4.94. The Morgan fingerprint density at radius 1 is 1.70 bits per heavy atom. The lowest BCUT2D eigenvalue weighted by Gasteiger charge is -1.82. The Balaban J connectivity index is 2.67. The van der Waals surface area contributed by atoms with Gasteiger partial charge in [0, 0.05) is 0 Å². The van der Waals surface area contributed by atoms with Gasteiger partial charge in [0.1, 0.15) is 5.01 Å². The third kappa shape index (κ3) is 1.49. The largest absolute Gasteiger partial charge is 0.389 e. The number of nitrogens with one attached hydrogen (secondary N) is 1. The topological polar surface area (TPSA) is 75.1 Å². The van der Waals surface area contributed by atoms with Crippen LogP contribution in [-0.4, -0.2) is 21.7 Å². The molecular formula is C4H5N3O2S. The van der Waals surface area contributed by atoms with Gasteiger partial charge in [0.25, 0.3) is 0 Å². The molecule has 1 heterocycles. The van der Waals surface area contributed by atoms with Gasteiger partial charge in [-0.1, -0.05) is 11.3 Å². The molecular weight excluding hydrogens is 154 g/mol. The Kier molecular flexibility index (Phi) is 2.30. The maximum absolute atomic E-state index is 9.84. The summed E-state index contributed by atoms with van der Waals surface area (Å²) in [6.07, 6.45) is 0.516. The quantitative estimate of drug-likeness (QED) is 0.588. The summed E-state index contributed by atoms with van der Waals surface area (Å²) in [5.41, 5.74) is 0. The van der Waals surface area contributed by atoms with Gasteiger partial charge in [0.2, 0.25) is 11.5 Å². The molecule has 5 nitrogen and oxygen atoms in total. The normalized spacial score (nSPS) is 9.30. The van der Waals surface area contributed by atoms with E-state index in [1.54, 1.807) is 0 Å². The zero-order valence-corrected chi connectivity index (χ0v) is 5.76. The van der Waals surface area contributed by atoms with E-state index in [9.17, 15) is 4.79 Å². The van der Waals surface area contributed by atoms with Crippen LogP contribution in [-0.2, 0) is 11.4 Å². The van der Waals surface area contributed by atoms with Crippen molar-refractivity contribution in [2.24, 2.45) is 0 Å². The maximum atomic E-state index is 9.84. The lowest BCUT2D eigenvalue weighted by molar-refractivity contribution is -0.105. The van der Waals surface area contributed by atoms with Crippen molar-refractivity contribution in [3.63, 3.8) is 0 Å². The molecule has 0 saturated carbocycles. The monoisotopic (exact) mass is 159 g/mol. The molecule has 1 rings (SSSR count). The molecule has 0 atom stereocenters. The number of hydrogen-bond acceptors (Lipinski definition) is 5. The van der Waals surface area contributed by atoms with Crippen molar-refractivity contribution in [3.05, 3.63) is 5.01 Å². The molecule has 0 bridgehead atoms. The predicted molar refractivity (Wildman–Crippen MR) is 35.5 cm³/mol. The molecule has 54 valence electrons. The second-order valence-corrected chi connectivity index (χ2v) is 2.48. The number of hydrogen-bond donors (Lipinski definition) is 2. The fourth-order valence-corrected chi connectivity index (χ4v) is 0.984. The molecule has 0 spiro atoms. The van der Waals surface area contributed by atoms with Gasteiger partial charge < -0.3 is 10.4 Å². The van der Waals surface area contributed by atoms with E-state index >= 15 is 0 Å². The molecule has 10 heavy (non-hydrogen) atoms. The van der Waals surface area contributed by atoms with Crippen LogP contribution in [0.3, 0.4) is 0 Å². The Morgan fingerprint density at radius 3 is 3.00 bits per heavy atom. The second-order valence-electron chi connectivity index (χ2n) is 1.42. The lowest BCUT2D eigenvalue weighted by Crippen LogP contribution is -1.91. The molecule has 0 unspecified atom stereocenters. The molecule has 0 saturated heterocycles. The molecule has 2 N–H and O–H groups in total. The number of aromatic nitrogens is 2. The highest BCUT2D eigenvalue weighted by atomic mass is 32.1. The van der Waals surface area contributed by atoms with Gasteiger partial charge in [-0.05, 0) is 0 Å². The zero-order chi connectivity index (χ0) is 7.40. The standard InChI is InChI=1S/C4H5N3O2S/c8-1-3-6-7-4(10-3)5-2-9/h2,8H,1H2,(H,5,7,9). The van der Waals surface area contributed by atoms with Crippen LogP contribution in [0.2, 0.25) is 0 Å². The van der Waals surface area contributed by atoms with Gasteiger partial charge in [0.05, 0.1) is 6.61 Å². The Hall–Kier alpha value is -1.01. The molecule has 0 aliphatic heterocycles. The second kappa shape index (κ2) is 3.23. The SMILES string of the molecule is O=CNc1nnc(CO)s1. The molecule has 1 amide bonds. The van der Waals surface area contributed by atoms with Crippen molar-refractivity contribution < 1.29 is 9.90 Å². The summed E-state index contributed by atoms with van der Waals surface area (Å²) in [6, 6.07) is 0. The maximum Gasteiger partial charge on any atom is 0.213 e. The lowest BCUT2D eigenvalue weighted by atomic mass is 10.8. The van der Waals surface area contributed by atoms with E-state index in [4.69, 9.17) is 5.11 Å². The third-order valence-corrected chi connectivity index (χ3v) is 1.62. The number of anilines is 1. The molecule has 0 radical (unpaired) electrons. The van der Waals surface area contributed by atoms with Crippen LogP contribution < -0.4 is 5.32 Å². The summed E-state index contributed by atoms with van der Waals surface area (Å²) >= 11 is 1.14. The predicted octanol–water partition coefficient (Wildman–Crippen LogP) is -0.401. The van der Waals surface area contributed by atoms with E-state index < -0.39 is 0 Å². The van der Waals surface area contributed by atoms with Crippen LogP contribution in [0.5, 0.6) is 0 Å².